The van der Waals surface area contributed by atoms with Crippen molar-refractivity contribution in [1.82, 2.24) is 0 Å². The van der Waals surface area contributed by atoms with Gasteiger partial charge < -0.3 is 4.74 Å². The van der Waals surface area contributed by atoms with E-state index in [0.29, 0.717) is 0 Å². The molecule has 0 fully saturated rings. The molecule has 0 bridgehead atoms. The number of esters is 1. The molecule has 3 aromatic carbocycles. The van der Waals surface area contributed by atoms with E-state index in [-0.39, 0.29) is 22.9 Å². The second-order valence-corrected chi connectivity index (χ2v) is 5.54. The maximum Gasteiger partial charge on any atom is 0.340 e. The van der Waals surface area contributed by atoms with Gasteiger partial charge in [0.2, 0.25) is 0 Å². The van der Waals surface area contributed by atoms with Gasteiger partial charge >= 0.3 is 5.97 Å². The number of hydrogen-bond donors (Lipinski definition) is 0. The maximum atomic E-state index is 12.2. The van der Waals surface area contributed by atoms with E-state index in [0.717, 1.165) is 22.4 Å². The van der Waals surface area contributed by atoms with Crippen LogP contribution < -0.4 is 0 Å². The largest absolute Gasteiger partial charge is 0.457 e. The molecule has 0 radical (unpaired) electrons. The summed E-state index contributed by atoms with van der Waals surface area (Å²) in [6.07, 6.45) is 0. The number of hydrogen-bond acceptors (Lipinski definition) is 4. The fourth-order valence-corrected chi connectivity index (χ4v) is 2.62. The van der Waals surface area contributed by atoms with Crippen LogP contribution in [0.25, 0.3) is 10.8 Å². The molecular formula is C18H12ClNO4. The SMILES string of the molecule is O=C(OCc1cccc2ccccc12)c1cc([N+](=O)[O-])ccc1Cl. The summed E-state index contributed by atoms with van der Waals surface area (Å²) in [5, 5.41) is 13.0. The van der Waals surface area contributed by atoms with Gasteiger partial charge in [-0.05, 0) is 22.4 Å². The Bertz CT molecular complexity index is 934. The molecule has 0 amide bonds. The number of non-ortho nitro benzene ring substituents is 1. The van der Waals surface area contributed by atoms with Crippen LogP contribution in [0.4, 0.5) is 5.69 Å². The number of nitrogens with zero attached hydrogens (tertiary/aromatic N) is 1. The fraction of sp³-hybridized carbons (Fsp3) is 0.0556. The van der Waals surface area contributed by atoms with Gasteiger partial charge in [0.05, 0.1) is 15.5 Å². The van der Waals surface area contributed by atoms with E-state index in [1.165, 1.54) is 12.1 Å². The average molecular weight is 342 g/mol. The molecular weight excluding hydrogens is 330 g/mol. The molecule has 120 valence electrons. The Morgan fingerprint density at radius 1 is 1.08 bits per heavy atom. The lowest BCUT2D eigenvalue weighted by Crippen LogP contribution is -2.07. The molecule has 3 aromatic rings. The van der Waals surface area contributed by atoms with Crippen LogP contribution in [0.1, 0.15) is 15.9 Å². The lowest BCUT2D eigenvalue weighted by atomic mass is 10.1. The number of carbonyl (C=O) groups excluding carboxylic acids is 1. The Kier molecular flexibility index (Phi) is 4.44. The number of nitro groups is 1. The Balaban J connectivity index is 1.83. The molecule has 0 atom stereocenters. The lowest BCUT2D eigenvalue weighted by Gasteiger charge is -2.09. The first-order valence-corrected chi connectivity index (χ1v) is 7.52. The Morgan fingerprint density at radius 3 is 2.62 bits per heavy atom. The second kappa shape index (κ2) is 6.68. The van der Waals surface area contributed by atoms with Crippen molar-refractivity contribution in [2.45, 2.75) is 6.61 Å². The van der Waals surface area contributed by atoms with Crippen LogP contribution in [0.5, 0.6) is 0 Å². The Labute approximate surface area is 142 Å². The van der Waals surface area contributed by atoms with E-state index in [4.69, 9.17) is 16.3 Å². The van der Waals surface area contributed by atoms with Crippen molar-refractivity contribution in [3.05, 3.63) is 86.9 Å². The van der Waals surface area contributed by atoms with E-state index in [1.54, 1.807) is 0 Å². The summed E-state index contributed by atoms with van der Waals surface area (Å²) in [4.78, 5) is 22.5. The minimum atomic E-state index is -0.698. The smallest absolute Gasteiger partial charge is 0.340 e. The number of carbonyl (C=O) groups is 1. The molecule has 0 N–H and O–H groups in total. The molecule has 0 heterocycles. The van der Waals surface area contributed by atoms with Gasteiger partial charge in [0.1, 0.15) is 6.61 Å². The molecule has 0 aromatic heterocycles. The van der Waals surface area contributed by atoms with Crippen LogP contribution in [-0.2, 0) is 11.3 Å². The van der Waals surface area contributed by atoms with Crippen LogP contribution in [0.3, 0.4) is 0 Å². The van der Waals surface area contributed by atoms with Crippen LogP contribution >= 0.6 is 11.6 Å². The van der Waals surface area contributed by atoms with Crippen LogP contribution in [0.2, 0.25) is 5.02 Å². The average Bonchev–Trinajstić information content (AvgIpc) is 2.59. The summed E-state index contributed by atoms with van der Waals surface area (Å²) < 4.78 is 5.29. The first kappa shape index (κ1) is 16.0. The van der Waals surface area contributed by atoms with Crippen molar-refractivity contribution >= 4 is 34.0 Å². The van der Waals surface area contributed by atoms with Crippen molar-refractivity contribution in [3.63, 3.8) is 0 Å². The van der Waals surface area contributed by atoms with E-state index in [1.807, 2.05) is 42.5 Å². The molecule has 5 nitrogen and oxygen atoms in total. The summed E-state index contributed by atoms with van der Waals surface area (Å²) in [5.41, 5.74) is 0.616. The van der Waals surface area contributed by atoms with Crippen molar-refractivity contribution in [3.8, 4) is 0 Å². The van der Waals surface area contributed by atoms with Crippen LogP contribution in [0, 0.1) is 10.1 Å². The molecule has 0 saturated carbocycles. The van der Waals surface area contributed by atoms with Crippen molar-refractivity contribution in [2.75, 3.05) is 0 Å². The van der Waals surface area contributed by atoms with Crippen molar-refractivity contribution < 1.29 is 14.5 Å². The minimum Gasteiger partial charge on any atom is -0.457 e. The zero-order chi connectivity index (χ0) is 17.1. The highest BCUT2D eigenvalue weighted by atomic mass is 35.5. The molecule has 24 heavy (non-hydrogen) atoms. The summed E-state index contributed by atoms with van der Waals surface area (Å²) in [6.45, 7) is 0.0548. The monoisotopic (exact) mass is 341 g/mol. The van der Waals surface area contributed by atoms with Gasteiger partial charge in [-0.3, -0.25) is 10.1 Å². The zero-order valence-corrected chi connectivity index (χ0v) is 13.2. The molecule has 0 aliphatic carbocycles. The molecule has 6 heteroatoms. The van der Waals surface area contributed by atoms with E-state index in [9.17, 15) is 14.9 Å². The predicted octanol–water partition coefficient (Wildman–Crippen LogP) is 4.76. The van der Waals surface area contributed by atoms with Gasteiger partial charge in [-0.15, -0.1) is 0 Å². The number of benzene rings is 3. The van der Waals surface area contributed by atoms with Crippen LogP contribution in [-0.4, -0.2) is 10.9 Å². The number of fused-ring (bicyclic) bond motifs is 1. The summed E-state index contributed by atoms with van der Waals surface area (Å²) >= 11 is 5.95. The third kappa shape index (κ3) is 3.21. The van der Waals surface area contributed by atoms with E-state index >= 15 is 0 Å². The molecule has 3 rings (SSSR count). The number of nitro benzene ring substituents is 1. The highest BCUT2D eigenvalue weighted by molar-refractivity contribution is 6.33. The first-order valence-electron chi connectivity index (χ1n) is 7.14. The van der Waals surface area contributed by atoms with Crippen LogP contribution in [0.15, 0.2) is 60.7 Å². The normalized spacial score (nSPS) is 10.5. The van der Waals surface area contributed by atoms with Crippen molar-refractivity contribution in [1.29, 1.82) is 0 Å². The van der Waals surface area contributed by atoms with Gasteiger partial charge in [-0.2, -0.15) is 0 Å². The number of halogens is 1. The number of ether oxygens (including phenoxy) is 1. The standard InChI is InChI=1S/C18H12ClNO4/c19-17-9-8-14(20(22)23)10-16(17)18(21)24-11-13-6-3-5-12-4-1-2-7-15(12)13/h1-10H,11H2. The molecule has 0 aliphatic heterocycles. The third-order valence-corrected chi connectivity index (χ3v) is 3.95. The highest BCUT2D eigenvalue weighted by Gasteiger charge is 2.17. The van der Waals surface area contributed by atoms with Crippen molar-refractivity contribution in [2.24, 2.45) is 0 Å². The fourth-order valence-electron chi connectivity index (χ4n) is 2.42. The highest BCUT2D eigenvalue weighted by Crippen LogP contribution is 2.24. The van der Waals surface area contributed by atoms with Gasteiger partial charge in [-0.25, -0.2) is 4.79 Å². The van der Waals surface area contributed by atoms with Gasteiger partial charge in [-0.1, -0.05) is 54.1 Å². The van der Waals surface area contributed by atoms with E-state index in [2.05, 4.69) is 0 Å². The number of rotatable bonds is 4. The Morgan fingerprint density at radius 2 is 1.83 bits per heavy atom. The van der Waals surface area contributed by atoms with Gasteiger partial charge in [0, 0.05) is 12.1 Å². The topological polar surface area (TPSA) is 69.4 Å². The summed E-state index contributed by atoms with van der Waals surface area (Å²) in [7, 11) is 0. The maximum absolute atomic E-state index is 12.2. The summed E-state index contributed by atoms with van der Waals surface area (Å²) in [6, 6.07) is 17.1. The minimum absolute atomic E-state index is 0.0221. The first-order chi connectivity index (χ1) is 11.6. The molecule has 0 spiro atoms. The lowest BCUT2D eigenvalue weighted by molar-refractivity contribution is -0.384. The molecule has 0 unspecified atom stereocenters. The quantitative estimate of drug-likeness (QED) is 0.390. The zero-order valence-electron chi connectivity index (χ0n) is 12.4. The summed E-state index contributed by atoms with van der Waals surface area (Å²) in [5.74, 6) is -0.698. The van der Waals surface area contributed by atoms with E-state index < -0.39 is 10.9 Å². The Hall–Kier alpha value is -2.92. The molecule has 0 aliphatic rings. The van der Waals surface area contributed by atoms with Gasteiger partial charge in [0.25, 0.3) is 5.69 Å². The predicted molar refractivity (Wildman–Crippen MR) is 91.2 cm³/mol. The third-order valence-electron chi connectivity index (χ3n) is 3.62. The van der Waals surface area contributed by atoms with Gasteiger partial charge in [0.15, 0.2) is 0 Å². The molecule has 0 saturated heterocycles. The second-order valence-electron chi connectivity index (χ2n) is 5.14.